The zero-order valence-electron chi connectivity index (χ0n) is 13.9. The molecule has 0 aliphatic carbocycles. The van der Waals surface area contributed by atoms with Crippen molar-refractivity contribution in [2.45, 2.75) is 19.9 Å². The fraction of sp³-hybridized carbons (Fsp3) is 0.235. The molecular formula is C17H17N7O. The van der Waals surface area contributed by atoms with Gasteiger partial charge in [-0.15, -0.1) is 10.2 Å². The van der Waals surface area contributed by atoms with E-state index in [0.717, 1.165) is 5.65 Å². The predicted octanol–water partition coefficient (Wildman–Crippen LogP) is 1.90. The summed E-state index contributed by atoms with van der Waals surface area (Å²) in [5, 5.41) is 11.5. The highest BCUT2D eigenvalue weighted by Crippen LogP contribution is 2.21. The zero-order chi connectivity index (χ0) is 17.4. The number of aromatic nitrogens is 6. The number of hydrogen-bond acceptors (Lipinski definition) is 5. The van der Waals surface area contributed by atoms with Gasteiger partial charge in [-0.05, 0) is 24.1 Å². The standard InChI is InChI=1S/C17H17N7O/c1-11(2)14(15-22-21-13-6-3-4-9-24(13)15)20-16(25)12-10-23-8-5-7-18-17(23)19-12/h3-11,14H,1-2H3,(H,20,25). The van der Waals surface area contributed by atoms with Crippen molar-refractivity contribution < 1.29 is 4.79 Å². The summed E-state index contributed by atoms with van der Waals surface area (Å²) in [5.74, 6) is 1.05. The summed E-state index contributed by atoms with van der Waals surface area (Å²) in [7, 11) is 0. The molecule has 1 N–H and O–H groups in total. The van der Waals surface area contributed by atoms with Crippen molar-refractivity contribution in [1.29, 1.82) is 0 Å². The Hall–Kier alpha value is -3.29. The van der Waals surface area contributed by atoms with Crippen LogP contribution in [0.5, 0.6) is 0 Å². The number of nitrogens with zero attached hydrogens (tertiary/aromatic N) is 6. The summed E-state index contributed by atoms with van der Waals surface area (Å²) in [4.78, 5) is 21.1. The third-order valence-electron chi connectivity index (χ3n) is 4.04. The molecule has 1 unspecified atom stereocenters. The summed E-state index contributed by atoms with van der Waals surface area (Å²) in [5.41, 5.74) is 1.06. The quantitative estimate of drug-likeness (QED) is 0.615. The minimum absolute atomic E-state index is 0.131. The minimum atomic E-state index is -0.289. The lowest BCUT2D eigenvalue weighted by molar-refractivity contribution is 0.0918. The Morgan fingerprint density at radius 3 is 2.84 bits per heavy atom. The van der Waals surface area contributed by atoms with E-state index in [4.69, 9.17) is 0 Å². The molecule has 4 rings (SSSR count). The number of carbonyl (C=O) groups excluding carboxylic acids is 1. The van der Waals surface area contributed by atoms with E-state index in [1.165, 1.54) is 0 Å². The highest BCUT2D eigenvalue weighted by atomic mass is 16.2. The first-order valence-corrected chi connectivity index (χ1v) is 8.04. The molecule has 126 valence electrons. The summed E-state index contributed by atoms with van der Waals surface area (Å²) >= 11 is 0. The summed E-state index contributed by atoms with van der Waals surface area (Å²) in [6.07, 6.45) is 7.00. The van der Waals surface area contributed by atoms with Gasteiger partial charge in [-0.1, -0.05) is 19.9 Å². The van der Waals surface area contributed by atoms with Crippen molar-refractivity contribution in [3.05, 3.63) is 60.6 Å². The van der Waals surface area contributed by atoms with Gasteiger partial charge in [0.15, 0.2) is 11.5 Å². The Bertz CT molecular complexity index is 1020. The molecule has 0 saturated carbocycles. The lowest BCUT2D eigenvalue weighted by atomic mass is 10.0. The van der Waals surface area contributed by atoms with E-state index in [1.54, 1.807) is 29.1 Å². The van der Waals surface area contributed by atoms with Crippen molar-refractivity contribution in [1.82, 2.24) is 34.3 Å². The van der Waals surface area contributed by atoms with Crippen LogP contribution in [-0.4, -0.2) is 34.9 Å². The van der Waals surface area contributed by atoms with Gasteiger partial charge in [-0.3, -0.25) is 13.6 Å². The van der Waals surface area contributed by atoms with Crippen LogP contribution in [0.4, 0.5) is 0 Å². The number of nitrogens with one attached hydrogen (secondary N) is 1. The molecular weight excluding hydrogens is 318 g/mol. The van der Waals surface area contributed by atoms with E-state index in [-0.39, 0.29) is 17.9 Å². The molecule has 0 aromatic carbocycles. The summed E-state index contributed by atoms with van der Waals surface area (Å²) in [6.45, 7) is 4.06. The third kappa shape index (κ3) is 2.71. The average molecular weight is 335 g/mol. The first-order valence-electron chi connectivity index (χ1n) is 8.04. The second-order valence-corrected chi connectivity index (χ2v) is 6.14. The van der Waals surface area contributed by atoms with Crippen molar-refractivity contribution in [2.24, 2.45) is 5.92 Å². The maximum Gasteiger partial charge on any atom is 0.272 e. The van der Waals surface area contributed by atoms with Crippen molar-refractivity contribution in [3.8, 4) is 0 Å². The maximum atomic E-state index is 12.7. The van der Waals surface area contributed by atoms with E-state index in [0.29, 0.717) is 17.3 Å². The fourth-order valence-electron chi connectivity index (χ4n) is 2.76. The van der Waals surface area contributed by atoms with Crippen LogP contribution < -0.4 is 5.32 Å². The van der Waals surface area contributed by atoms with Gasteiger partial charge in [0.1, 0.15) is 5.69 Å². The number of pyridine rings is 1. The van der Waals surface area contributed by atoms with Crippen LogP contribution >= 0.6 is 0 Å². The molecule has 4 aromatic rings. The van der Waals surface area contributed by atoms with E-state index < -0.39 is 0 Å². The Balaban J connectivity index is 1.66. The van der Waals surface area contributed by atoms with Crippen molar-refractivity contribution in [2.75, 3.05) is 0 Å². The second kappa shape index (κ2) is 5.97. The number of hydrogen-bond donors (Lipinski definition) is 1. The fourth-order valence-corrected chi connectivity index (χ4v) is 2.76. The number of fused-ring (bicyclic) bond motifs is 2. The Labute approximate surface area is 143 Å². The lowest BCUT2D eigenvalue weighted by Crippen LogP contribution is -2.33. The first-order chi connectivity index (χ1) is 12.1. The van der Waals surface area contributed by atoms with Crippen LogP contribution in [0.3, 0.4) is 0 Å². The van der Waals surface area contributed by atoms with E-state index in [2.05, 4.69) is 25.5 Å². The molecule has 8 heteroatoms. The van der Waals surface area contributed by atoms with E-state index in [1.807, 2.05) is 42.6 Å². The van der Waals surface area contributed by atoms with Gasteiger partial charge in [-0.2, -0.15) is 0 Å². The van der Waals surface area contributed by atoms with Crippen LogP contribution in [0.25, 0.3) is 11.4 Å². The number of amides is 1. The van der Waals surface area contributed by atoms with Crippen molar-refractivity contribution >= 4 is 17.3 Å². The molecule has 0 aliphatic heterocycles. The molecule has 0 fully saturated rings. The molecule has 0 aliphatic rings. The number of imidazole rings is 1. The minimum Gasteiger partial charge on any atom is -0.340 e. The van der Waals surface area contributed by atoms with Gasteiger partial charge in [0.05, 0.1) is 6.04 Å². The van der Waals surface area contributed by atoms with Gasteiger partial charge in [0.2, 0.25) is 5.78 Å². The topological polar surface area (TPSA) is 89.5 Å². The molecule has 0 saturated heterocycles. The smallest absolute Gasteiger partial charge is 0.272 e. The second-order valence-electron chi connectivity index (χ2n) is 6.14. The molecule has 4 aromatic heterocycles. The number of rotatable bonds is 4. The highest BCUT2D eigenvalue weighted by molar-refractivity contribution is 5.93. The zero-order valence-corrected chi connectivity index (χ0v) is 13.9. The van der Waals surface area contributed by atoms with E-state index >= 15 is 0 Å². The van der Waals surface area contributed by atoms with Gasteiger partial charge < -0.3 is 5.32 Å². The van der Waals surface area contributed by atoms with Gasteiger partial charge >= 0.3 is 0 Å². The van der Waals surface area contributed by atoms with Crippen LogP contribution in [0.1, 0.15) is 36.2 Å². The van der Waals surface area contributed by atoms with Gasteiger partial charge in [0.25, 0.3) is 5.91 Å². The lowest BCUT2D eigenvalue weighted by Gasteiger charge is -2.20. The largest absolute Gasteiger partial charge is 0.340 e. The molecule has 0 radical (unpaired) electrons. The average Bonchev–Trinajstić information content (AvgIpc) is 3.23. The first kappa shape index (κ1) is 15.3. The Kier molecular flexibility index (Phi) is 3.64. The monoisotopic (exact) mass is 335 g/mol. The SMILES string of the molecule is CC(C)C(NC(=O)c1cn2cccnc2n1)c1nnc2ccccn12. The van der Waals surface area contributed by atoms with Crippen LogP contribution in [-0.2, 0) is 0 Å². The highest BCUT2D eigenvalue weighted by Gasteiger charge is 2.25. The van der Waals surface area contributed by atoms with Gasteiger partial charge in [0, 0.05) is 24.8 Å². The molecule has 25 heavy (non-hydrogen) atoms. The van der Waals surface area contributed by atoms with E-state index in [9.17, 15) is 4.79 Å². The van der Waals surface area contributed by atoms with Gasteiger partial charge in [-0.25, -0.2) is 9.97 Å². The molecule has 8 nitrogen and oxygen atoms in total. The molecule has 1 amide bonds. The summed E-state index contributed by atoms with van der Waals surface area (Å²) < 4.78 is 3.60. The number of carbonyl (C=O) groups is 1. The Morgan fingerprint density at radius 2 is 2.04 bits per heavy atom. The maximum absolute atomic E-state index is 12.7. The predicted molar refractivity (Wildman–Crippen MR) is 91.0 cm³/mol. The molecule has 1 atom stereocenters. The normalized spacial score (nSPS) is 12.8. The van der Waals surface area contributed by atoms with Crippen molar-refractivity contribution in [3.63, 3.8) is 0 Å². The molecule has 4 heterocycles. The van der Waals surface area contributed by atoms with Crippen LogP contribution in [0.15, 0.2) is 49.1 Å². The van der Waals surface area contributed by atoms with Crippen LogP contribution in [0.2, 0.25) is 0 Å². The third-order valence-corrected chi connectivity index (χ3v) is 4.04. The van der Waals surface area contributed by atoms with Crippen LogP contribution in [0, 0.1) is 5.92 Å². The Morgan fingerprint density at radius 1 is 1.16 bits per heavy atom. The molecule has 0 bridgehead atoms. The summed E-state index contributed by atoms with van der Waals surface area (Å²) in [6, 6.07) is 7.19. The molecule has 0 spiro atoms.